The highest BCUT2D eigenvalue weighted by Gasteiger charge is 1.94. The summed E-state index contributed by atoms with van der Waals surface area (Å²) in [5, 5.41) is 0. The van der Waals surface area contributed by atoms with Crippen molar-refractivity contribution < 1.29 is 21.7 Å². The predicted molar refractivity (Wildman–Crippen MR) is 14.7 cm³/mol. The highest BCUT2D eigenvalue weighted by atomic mass is 32.3. The zero-order chi connectivity index (χ0) is 4.50. The van der Waals surface area contributed by atoms with Gasteiger partial charge in [-0.25, -0.2) is 0 Å². The standard InChI is InChI=1S/F2O2S.H2O/c1-5(2,3)4;/h;1H2. The van der Waals surface area contributed by atoms with E-state index in [4.69, 9.17) is 8.42 Å². The van der Waals surface area contributed by atoms with Gasteiger partial charge in [0, 0.05) is 0 Å². The van der Waals surface area contributed by atoms with Gasteiger partial charge in [-0.1, -0.05) is 7.77 Å². The van der Waals surface area contributed by atoms with Crippen molar-refractivity contribution in [2.45, 2.75) is 0 Å². The van der Waals surface area contributed by atoms with Crippen molar-refractivity contribution in [1.82, 2.24) is 0 Å². The number of rotatable bonds is 0. The van der Waals surface area contributed by atoms with Gasteiger partial charge in [0.2, 0.25) is 0 Å². The Balaban J connectivity index is 0. The van der Waals surface area contributed by atoms with E-state index in [1.807, 2.05) is 0 Å². The van der Waals surface area contributed by atoms with Crippen LogP contribution in [0.15, 0.2) is 0 Å². The van der Waals surface area contributed by atoms with Crippen molar-refractivity contribution in [1.29, 1.82) is 0 Å². The molecule has 0 saturated carbocycles. The van der Waals surface area contributed by atoms with Crippen molar-refractivity contribution in [2.24, 2.45) is 0 Å². The Bertz CT molecular complexity index is 92.0. The highest BCUT2D eigenvalue weighted by Crippen LogP contribution is 1.85. The minimum absolute atomic E-state index is 0. The lowest BCUT2D eigenvalue weighted by molar-refractivity contribution is 0.501. The second kappa shape index (κ2) is 2.04. The van der Waals surface area contributed by atoms with Crippen LogP contribution >= 0.6 is 0 Å². The number of hydrogen-bond acceptors (Lipinski definition) is 2. The molecule has 0 aliphatic heterocycles. The van der Waals surface area contributed by atoms with Gasteiger partial charge in [0.15, 0.2) is 0 Å². The largest absolute Gasteiger partial charge is 0.476 e. The van der Waals surface area contributed by atoms with Crippen LogP contribution in [-0.2, 0) is 10.6 Å². The molecule has 0 fully saturated rings. The zero-order valence-corrected chi connectivity index (χ0v) is 3.30. The molecule has 0 saturated heterocycles. The Hall–Kier alpha value is -0.230. The first-order valence-electron chi connectivity index (χ1n) is 0.642. The van der Waals surface area contributed by atoms with E-state index in [9.17, 15) is 7.77 Å². The van der Waals surface area contributed by atoms with Gasteiger partial charge in [-0.3, -0.25) is 0 Å². The third-order valence-corrected chi connectivity index (χ3v) is 0. The second-order valence-electron chi connectivity index (χ2n) is 0.378. The van der Waals surface area contributed by atoms with Crippen LogP contribution in [0.5, 0.6) is 0 Å². The van der Waals surface area contributed by atoms with Crippen molar-refractivity contribution >= 4 is 10.6 Å². The van der Waals surface area contributed by atoms with Gasteiger partial charge in [-0.05, 0) is 0 Å². The molecule has 2 N–H and O–H groups in total. The molecule has 0 aliphatic rings. The Morgan fingerprint density at radius 2 is 1.17 bits per heavy atom. The molecule has 3 nitrogen and oxygen atoms in total. The van der Waals surface area contributed by atoms with E-state index in [-0.39, 0.29) is 5.48 Å². The normalized spacial score (nSPS) is 9.67. The average molecular weight is 120 g/mol. The van der Waals surface area contributed by atoms with Crippen LogP contribution in [0.4, 0.5) is 7.77 Å². The lowest BCUT2D eigenvalue weighted by atomic mass is 15.9. The van der Waals surface area contributed by atoms with E-state index >= 15 is 0 Å². The molecule has 0 radical (unpaired) electrons. The third-order valence-electron chi connectivity index (χ3n) is 0. The molecule has 0 rings (SSSR count). The molecule has 0 atom stereocenters. The van der Waals surface area contributed by atoms with Gasteiger partial charge >= 0.3 is 10.6 Å². The first-order valence-corrected chi connectivity index (χ1v) is 1.93. The predicted octanol–water partition coefficient (Wildman–Crippen LogP) is -0.654. The fraction of sp³-hybridized carbons (Fsp3) is 0. The molecule has 0 amide bonds. The van der Waals surface area contributed by atoms with Crippen molar-refractivity contribution in [2.75, 3.05) is 0 Å². The number of hydrogen-bond donors (Lipinski definition) is 0. The maximum absolute atomic E-state index is 9.99. The summed E-state index contributed by atoms with van der Waals surface area (Å²) in [6.45, 7) is 0. The topological polar surface area (TPSA) is 65.6 Å². The van der Waals surface area contributed by atoms with Gasteiger partial charge in [0.05, 0.1) is 0 Å². The van der Waals surface area contributed by atoms with Crippen molar-refractivity contribution in [3.63, 3.8) is 0 Å². The fourth-order valence-electron chi connectivity index (χ4n) is 0. The maximum Gasteiger partial charge on any atom is 0.476 e. The minimum Gasteiger partial charge on any atom is -0.412 e. The van der Waals surface area contributed by atoms with Crippen molar-refractivity contribution in [3.05, 3.63) is 0 Å². The molecule has 0 heterocycles. The van der Waals surface area contributed by atoms with E-state index in [1.165, 1.54) is 0 Å². The Labute approximate surface area is 33.4 Å². The Morgan fingerprint density at radius 1 is 1.17 bits per heavy atom. The summed E-state index contributed by atoms with van der Waals surface area (Å²) in [4.78, 5) is 0. The van der Waals surface area contributed by atoms with Crippen LogP contribution in [0.3, 0.4) is 0 Å². The summed E-state index contributed by atoms with van der Waals surface area (Å²) < 4.78 is 36.6. The molecular weight excluding hydrogens is 118 g/mol. The summed E-state index contributed by atoms with van der Waals surface area (Å²) >= 11 is 0. The Morgan fingerprint density at radius 3 is 1.17 bits per heavy atom. The monoisotopic (exact) mass is 120 g/mol. The van der Waals surface area contributed by atoms with Gasteiger partial charge in [0.1, 0.15) is 0 Å². The molecule has 0 aromatic carbocycles. The van der Waals surface area contributed by atoms with Crippen LogP contribution < -0.4 is 0 Å². The maximum atomic E-state index is 9.99. The summed E-state index contributed by atoms with van der Waals surface area (Å²) in [5.41, 5.74) is 0. The molecular formula is H2F2O3S. The SMILES string of the molecule is O.O=S(=O)(F)F. The number of halogens is 2. The van der Waals surface area contributed by atoms with Crippen LogP contribution in [0, 0.1) is 0 Å². The van der Waals surface area contributed by atoms with E-state index in [0.717, 1.165) is 0 Å². The second-order valence-corrected chi connectivity index (χ2v) is 1.14. The molecule has 40 valence electrons. The van der Waals surface area contributed by atoms with Crippen LogP contribution in [-0.4, -0.2) is 13.9 Å². The van der Waals surface area contributed by atoms with E-state index < -0.39 is 10.6 Å². The lowest BCUT2D eigenvalue weighted by Gasteiger charge is -1.57. The molecule has 6 heavy (non-hydrogen) atoms. The van der Waals surface area contributed by atoms with E-state index in [0.29, 0.717) is 0 Å². The van der Waals surface area contributed by atoms with E-state index in [2.05, 4.69) is 0 Å². The van der Waals surface area contributed by atoms with Crippen LogP contribution in [0.2, 0.25) is 0 Å². The van der Waals surface area contributed by atoms with Crippen LogP contribution in [0.25, 0.3) is 0 Å². The summed E-state index contributed by atoms with van der Waals surface area (Å²) in [6, 6.07) is 0. The molecule has 6 heteroatoms. The summed E-state index contributed by atoms with van der Waals surface area (Å²) in [7, 11) is -5.67. The first-order chi connectivity index (χ1) is 2.00. The smallest absolute Gasteiger partial charge is 0.412 e. The highest BCUT2D eigenvalue weighted by molar-refractivity contribution is 7.81. The molecule has 0 aromatic heterocycles. The van der Waals surface area contributed by atoms with Gasteiger partial charge in [0.25, 0.3) is 0 Å². The van der Waals surface area contributed by atoms with Gasteiger partial charge in [-0.15, -0.1) is 0 Å². The fourth-order valence-corrected chi connectivity index (χ4v) is 0. The quantitative estimate of drug-likeness (QED) is 0.398. The third kappa shape index (κ3) is 547. The Kier molecular flexibility index (Phi) is 3.13. The van der Waals surface area contributed by atoms with E-state index in [1.54, 1.807) is 0 Å². The lowest BCUT2D eigenvalue weighted by Crippen LogP contribution is -1.69. The zero-order valence-electron chi connectivity index (χ0n) is 2.48. The molecule has 0 spiro atoms. The molecule has 0 aromatic rings. The minimum atomic E-state index is -5.67. The van der Waals surface area contributed by atoms with Crippen molar-refractivity contribution in [3.8, 4) is 0 Å². The van der Waals surface area contributed by atoms with Crippen LogP contribution in [0.1, 0.15) is 0 Å². The first kappa shape index (κ1) is 9.24. The summed E-state index contributed by atoms with van der Waals surface area (Å²) in [6.07, 6.45) is 0. The molecule has 0 bridgehead atoms. The van der Waals surface area contributed by atoms with Gasteiger partial charge in [-0.2, -0.15) is 8.42 Å². The summed E-state index contributed by atoms with van der Waals surface area (Å²) in [5.74, 6) is 0. The van der Waals surface area contributed by atoms with Gasteiger partial charge < -0.3 is 5.48 Å². The average Bonchev–Trinajstić information content (AvgIpc) is 0.722. The molecule has 0 aliphatic carbocycles. The molecule has 0 unspecified atom stereocenters.